The minimum Gasteiger partial charge on any atom is -0.494 e. The van der Waals surface area contributed by atoms with Crippen molar-refractivity contribution in [2.45, 2.75) is 43.7 Å². The summed E-state index contributed by atoms with van der Waals surface area (Å²) in [6, 6.07) is 3.89. The molecule has 2 heterocycles. The number of urea groups is 1. The predicted molar refractivity (Wildman–Crippen MR) is 116 cm³/mol. The number of rotatable bonds is 4. The van der Waals surface area contributed by atoms with Crippen LogP contribution in [0.1, 0.15) is 37.2 Å². The largest absolute Gasteiger partial charge is 0.494 e. The summed E-state index contributed by atoms with van der Waals surface area (Å²) in [6.45, 7) is 2.39. The van der Waals surface area contributed by atoms with Crippen LogP contribution in [0.4, 0.5) is 9.93 Å². The van der Waals surface area contributed by atoms with E-state index in [-0.39, 0.29) is 24.1 Å². The highest BCUT2D eigenvalue weighted by atomic mass is 32.1. The number of nitrogens with zero attached hydrogens (tertiary/aromatic N) is 2. The number of aliphatic hydroxyl groups is 1. The molecule has 164 valence electrons. The highest BCUT2D eigenvalue weighted by Crippen LogP contribution is 2.38. The molecule has 2 aliphatic rings. The van der Waals surface area contributed by atoms with Crippen molar-refractivity contribution in [2.75, 3.05) is 45.9 Å². The summed E-state index contributed by atoms with van der Waals surface area (Å²) >= 11 is 1.45. The molecule has 0 spiro atoms. The first kappa shape index (κ1) is 21.3. The highest BCUT2D eigenvalue weighted by Gasteiger charge is 2.27. The average Bonchev–Trinajstić information content (AvgIpc) is 2.98. The Morgan fingerprint density at radius 1 is 1.23 bits per heavy atom. The van der Waals surface area contributed by atoms with Gasteiger partial charge in [-0.2, -0.15) is 0 Å². The first-order valence-corrected chi connectivity index (χ1v) is 11.2. The van der Waals surface area contributed by atoms with Crippen molar-refractivity contribution in [3.63, 3.8) is 0 Å². The Balaban J connectivity index is 1.55. The number of benzene rings is 1. The zero-order chi connectivity index (χ0) is 21.1. The number of hydrogen-bond acceptors (Lipinski definition) is 7. The molecule has 1 aliphatic heterocycles. The van der Waals surface area contributed by atoms with E-state index >= 15 is 0 Å². The van der Waals surface area contributed by atoms with E-state index in [1.807, 2.05) is 12.1 Å². The van der Waals surface area contributed by atoms with Gasteiger partial charge >= 0.3 is 6.03 Å². The second kappa shape index (κ2) is 9.47. The Kier molecular flexibility index (Phi) is 6.72. The second-order valence-electron chi connectivity index (χ2n) is 7.90. The lowest BCUT2D eigenvalue weighted by molar-refractivity contribution is 0.0943. The SMILES string of the molecule is COc1ccc(C2COCCOC2)c2sc(NC(=O)N(C)[C@H]3CC[C@H](O)CC3)nc12. The van der Waals surface area contributed by atoms with E-state index in [1.54, 1.807) is 19.1 Å². The lowest BCUT2D eigenvalue weighted by atomic mass is 9.92. The maximum Gasteiger partial charge on any atom is 0.323 e. The monoisotopic (exact) mass is 435 g/mol. The molecule has 9 heteroatoms. The summed E-state index contributed by atoms with van der Waals surface area (Å²) < 4.78 is 17.8. The van der Waals surface area contributed by atoms with Gasteiger partial charge in [-0.25, -0.2) is 9.78 Å². The molecule has 2 amide bonds. The normalized spacial score (nSPS) is 23.2. The summed E-state index contributed by atoms with van der Waals surface area (Å²) in [6.07, 6.45) is 2.84. The van der Waals surface area contributed by atoms with Crippen LogP contribution in [-0.4, -0.2) is 73.8 Å². The summed E-state index contributed by atoms with van der Waals surface area (Å²) in [7, 11) is 3.42. The summed E-state index contributed by atoms with van der Waals surface area (Å²) in [5, 5.41) is 13.2. The number of ether oxygens (including phenoxy) is 3. The van der Waals surface area contributed by atoms with Crippen molar-refractivity contribution in [1.29, 1.82) is 0 Å². The molecule has 8 nitrogen and oxygen atoms in total. The summed E-state index contributed by atoms with van der Waals surface area (Å²) in [5.74, 6) is 0.789. The van der Waals surface area contributed by atoms with Crippen molar-refractivity contribution in [2.24, 2.45) is 0 Å². The Bertz CT molecular complexity index is 873. The Hall–Kier alpha value is -1.94. The van der Waals surface area contributed by atoms with E-state index in [4.69, 9.17) is 14.2 Å². The maximum absolute atomic E-state index is 12.8. The third kappa shape index (κ3) is 4.54. The van der Waals surface area contributed by atoms with Gasteiger partial charge in [0.1, 0.15) is 11.3 Å². The van der Waals surface area contributed by atoms with Crippen LogP contribution in [0, 0.1) is 0 Å². The van der Waals surface area contributed by atoms with Crippen LogP contribution >= 0.6 is 11.3 Å². The molecule has 0 bridgehead atoms. The Labute approximate surface area is 180 Å². The van der Waals surface area contributed by atoms with Gasteiger partial charge in [-0.1, -0.05) is 17.4 Å². The fourth-order valence-corrected chi connectivity index (χ4v) is 5.19. The Morgan fingerprint density at radius 3 is 2.60 bits per heavy atom. The molecule has 30 heavy (non-hydrogen) atoms. The van der Waals surface area contributed by atoms with Crippen molar-refractivity contribution in [1.82, 2.24) is 9.88 Å². The third-order valence-electron chi connectivity index (χ3n) is 5.95. The van der Waals surface area contributed by atoms with E-state index in [1.165, 1.54) is 11.3 Å². The van der Waals surface area contributed by atoms with E-state index in [2.05, 4.69) is 10.3 Å². The van der Waals surface area contributed by atoms with Crippen molar-refractivity contribution < 1.29 is 24.1 Å². The topological polar surface area (TPSA) is 93.2 Å². The highest BCUT2D eigenvalue weighted by molar-refractivity contribution is 7.22. The number of nitrogens with one attached hydrogen (secondary N) is 1. The molecule has 1 aliphatic carbocycles. The molecule has 4 rings (SSSR count). The summed E-state index contributed by atoms with van der Waals surface area (Å²) in [4.78, 5) is 19.2. The number of hydrogen-bond donors (Lipinski definition) is 2. The maximum atomic E-state index is 12.8. The number of aliphatic hydroxyl groups excluding tert-OH is 1. The first-order valence-electron chi connectivity index (χ1n) is 10.4. The van der Waals surface area contributed by atoms with Crippen molar-refractivity contribution >= 4 is 32.7 Å². The Morgan fingerprint density at radius 2 is 1.93 bits per heavy atom. The van der Waals surface area contributed by atoms with Gasteiger partial charge in [0.15, 0.2) is 5.13 Å². The minimum absolute atomic E-state index is 0.112. The van der Waals surface area contributed by atoms with Crippen LogP contribution in [0.25, 0.3) is 10.2 Å². The van der Waals surface area contributed by atoms with Crippen molar-refractivity contribution in [3.8, 4) is 5.75 Å². The van der Waals surface area contributed by atoms with Gasteiger partial charge < -0.3 is 24.2 Å². The molecule has 1 aromatic carbocycles. The van der Waals surface area contributed by atoms with Crippen LogP contribution in [-0.2, 0) is 9.47 Å². The number of thiazole rings is 1. The van der Waals surface area contributed by atoms with E-state index in [0.717, 1.165) is 41.5 Å². The zero-order valence-corrected chi connectivity index (χ0v) is 18.2. The van der Waals surface area contributed by atoms with Crippen LogP contribution in [0.2, 0.25) is 0 Å². The van der Waals surface area contributed by atoms with Gasteiger partial charge in [0, 0.05) is 19.0 Å². The average molecular weight is 436 g/mol. The predicted octanol–water partition coefficient (Wildman–Crippen LogP) is 3.20. The van der Waals surface area contributed by atoms with Gasteiger partial charge in [0.25, 0.3) is 0 Å². The lowest BCUT2D eigenvalue weighted by Gasteiger charge is -2.32. The van der Waals surface area contributed by atoms with E-state index in [0.29, 0.717) is 37.3 Å². The smallest absolute Gasteiger partial charge is 0.323 e. The molecular weight excluding hydrogens is 406 g/mol. The molecule has 1 saturated carbocycles. The summed E-state index contributed by atoms with van der Waals surface area (Å²) in [5.41, 5.74) is 1.84. The number of amides is 2. The molecule has 0 unspecified atom stereocenters. The lowest BCUT2D eigenvalue weighted by Crippen LogP contribution is -2.42. The second-order valence-corrected chi connectivity index (χ2v) is 8.90. The fraction of sp³-hybridized carbons (Fsp3) is 0.619. The number of carbonyl (C=O) groups excluding carboxylic acids is 1. The zero-order valence-electron chi connectivity index (χ0n) is 17.4. The number of fused-ring (bicyclic) bond motifs is 1. The number of anilines is 1. The molecule has 2 aromatic rings. The third-order valence-corrected chi connectivity index (χ3v) is 6.97. The quantitative estimate of drug-likeness (QED) is 0.766. The van der Waals surface area contributed by atoms with Gasteiger partial charge in [0.2, 0.25) is 0 Å². The number of methoxy groups -OCH3 is 1. The van der Waals surface area contributed by atoms with Crippen LogP contribution in [0.5, 0.6) is 5.75 Å². The van der Waals surface area contributed by atoms with Crippen LogP contribution in [0.15, 0.2) is 12.1 Å². The van der Waals surface area contributed by atoms with Gasteiger partial charge in [-0.3, -0.25) is 5.32 Å². The molecule has 2 N–H and O–H groups in total. The van der Waals surface area contributed by atoms with Gasteiger partial charge in [-0.05, 0) is 37.3 Å². The molecular formula is C21H29N3O5S. The van der Waals surface area contributed by atoms with Gasteiger partial charge in [0.05, 0.1) is 44.3 Å². The standard InChI is InChI=1S/C21H29N3O5S/c1-24(14-3-5-15(25)6-4-14)21(26)23-20-22-18-17(27-2)8-7-16(19(18)30-20)13-11-28-9-10-29-12-13/h7-8,13-15,25H,3-6,9-12H2,1-2H3,(H,22,23,26)/t14-,15-. The molecule has 0 radical (unpaired) electrons. The number of carbonyl (C=O) groups is 1. The van der Waals surface area contributed by atoms with Crippen LogP contribution < -0.4 is 10.1 Å². The van der Waals surface area contributed by atoms with Crippen molar-refractivity contribution in [3.05, 3.63) is 17.7 Å². The fourth-order valence-electron chi connectivity index (χ4n) is 4.13. The molecule has 1 saturated heterocycles. The first-order chi connectivity index (χ1) is 14.6. The van der Waals surface area contributed by atoms with Crippen LogP contribution in [0.3, 0.4) is 0 Å². The van der Waals surface area contributed by atoms with E-state index < -0.39 is 0 Å². The number of aromatic nitrogens is 1. The van der Waals surface area contributed by atoms with Gasteiger partial charge in [-0.15, -0.1) is 0 Å². The molecule has 2 fully saturated rings. The molecule has 0 atom stereocenters. The minimum atomic E-state index is -0.246. The molecule has 1 aromatic heterocycles. The van der Waals surface area contributed by atoms with E-state index in [9.17, 15) is 9.90 Å².